The van der Waals surface area contributed by atoms with Crippen LogP contribution >= 0.6 is 0 Å². The van der Waals surface area contributed by atoms with Crippen LogP contribution in [0.1, 0.15) is 18.1 Å². The highest BCUT2D eigenvalue weighted by Gasteiger charge is 2.10. The molecule has 0 spiro atoms. The first kappa shape index (κ1) is 12.0. The molecular weight excluding hydrogens is 234 g/mol. The highest BCUT2D eigenvalue weighted by atomic mass is 16.3. The lowest BCUT2D eigenvalue weighted by Crippen LogP contribution is -1.85. The maximum atomic E-state index is 9.11. The molecule has 0 radical (unpaired) electrons. The van der Waals surface area contributed by atoms with Crippen LogP contribution in [0.5, 0.6) is 0 Å². The Bertz CT molecular complexity index is 695. The molecule has 2 heteroatoms. The largest absolute Gasteiger partial charge is 0.392 e. The molecule has 2 nitrogen and oxygen atoms in total. The Morgan fingerprint density at radius 3 is 2.53 bits per heavy atom. The summed E-state index contributed by atoms with van der Waals surface area (Å²) in [4.78, 5) is 0. The van der Waals surface area contributed by atoms with E-state index < -0.39 is 0 Å². The minimum absolute atomic E-state index is 0.0959. The summed E-state index contributed by atoms with van der Waals surface area (Å²) in [5, 5.41) is 9.11. The van der Waals surface area contributed by atoms with Gasteiger partial charge in [-0.3, -0.25) is 0 Å². The van der Waals surface area contributed by atoms with Crippen LogP contribution in [0.25, 0.3) is 16.6 Å². The van der Waals surface area contributed by atoms with Crippen LogP contribution in [-0.2, 0) is 13.0 Å². The molecule has 0 saturated heterocycles. The molecule has 3 aromatic rings. The summed E-state index contributed by atoms with van der Waals surface area (Å²) in [6, 6.07) is 14.4. The van der Waals surface area contributed by atoms with E-state index in [0.29, 0.717) is 0 Å². The third-order valence-electron chi connectivity index (χ3n) is 3.59. The molecule has 1 aromatic carbocycles. The summed E-state index contributed by atoms with van der Waals surface area (Å²) in [6.07, 6.45) is 5.28. The van der Waals surface area contributed by atoms with Gasteiger partial charge in [0.2, 0.25) is 0 Å². The molecule has 19 heavy (non-hydrogen) atoms. The minimum atomic E-state index is 0.0959. The van der Waals surface area contributed by atoms with Gasteiger partial charge in [-0.1, -0.05) is 37.3 Å². The summed E-state index contributed by atoms with van der Waals surface area (Å²) in [6.45, 7) is 2.28. The number of aryl methyl sites for hydroxylation is 1. The number of rotatable bonds is 3. The molecule has 2 aromatic heterocycles. The van der Waals surface area contributed by atoms with E-state index in [1.54, 1.807) is 0 Å². The summed E-state index contributed by atoms with van der Waals surface area (Å²) >= 11 is 0. The highest BCUT2D eigenvalue weighted by Crippen LogP contribution is 2.29. The van der Waals surface area contributed by atoms with Crippen LogP contribution in [0.2, 0.25) is 0 Å². The van der Waals surface area contributed by atoms with E-state index in [1.165, 1.54) is 22.2 Å². The van der Waals surface area contributed by atoms with Gasteiger partial charge in [-0.05, 0) is 35.2 Å². The van der Waals surface area contributed by atoms with Crippen molar-refractivity contribution in [3.05, 3.63) is 66.0 Å². The second kappa shape index (κ2) is 4.90. The topological polar surface area (TPSA) is 24.6 Å². The zero-order valence-electron chi connectivity index (χ0n) is 11.0. The molecular formula is C17H17NO. The second-order valence-corrected chi connectivity index (χ2v) is 4.72. The van der Waals surface area contributed by atoms with E-state index in [4.69, 9.17) is 5.11 Å². The minimum Gasteiger partial charge on any atom is -0.392 e. The van der Waals surface area contributed by atoms with Crippen molar-refractivity contribution in [2.75, 3.05) is 0 Å². The molecule has 96 valence electrons. The number of hydrogen-bond acceptors (Lipinski definition) is 1. The van der Waals surface area contributed by atoms with Gasteiger partial charge in [0.1, 0.15) is 0 Å². The van der Waals surface area contributed by atoms with Crippen LogP contribution < -0.4 is 0 Å². The fourth-order valence-electron chi connectivity index (χ4n) is 2.59. The van der Waals surface area contributed by atoms with E-state index in [1.807, 2.05) is 18.2 Å². The van der Waals surface area contributed by atoms with Crippen molar-refractivity contribution >= 4 is 5.52 Å². The Morgan fingerprint density at radius 2 is 1.84 bits per heavy atom. The zero-order valence-corrected chi connectivity index (χ0v) is 11.0. The fraction of sp³-hybridized carbons (Fsp3) is 0.176. The van der Waals surface area contributed by atoms with E-state index in [-0.39, 0.29) is 6.61 Å². The van der Waals surface area contributed by atoms with Crippen LogP contribution in [0, 0.1) is 0 Å². The Labute approximate surface area is 112 Å². The summed E-state index contributed by atoms with van der Waals surface area (Å²) < 4.78 is 2.17. The van der Waals surface area contributed by atoms with Gasteiger partial charge in [0, 0.05) is 23.5 Å². The summed E-state index contributed by atoms with van der Waals surface area (Å²) in [5.41, 5.74) is 6.07. The predicted molar refractivity (Wildman–Crippen MR) is 78.1 cm³/mol. The van der Waals surface area contributed by atoms with E-state index >= 15 is 0 Å². The average Bonchev–Trinajstić information content (AvgIpc) is 2.85. The maximum absolute atomic E-state index is 9.11. The highest BCUT2D eigenvalue weighted by molar-refractivity contribution is 5.76. The van der Waals surface area contributed by atoms with Crippen molar-refractivity contribution in [2.45, 2.75) is 20.0 Å². The molecule has 0 unspecified atom stereocenters. The third kappa shape index (κ3) is 2.04. The van der Waals surface area contributed by atoms with Gasteiger partial charge >= 0.3 is 0 Å². The zero-order chi connectivity index (χ0) is 13.2. The van der Waals surface area contributed by atoms with Crippen LogP contribution in [-0.4, -0.2) is 9.51 Å². The lowest BCUT2D eigenvalue weighted by Gasteiger charge is -2.03. The van der Waals surface area contributed by atoms with Crippen molar-refractivity contribution in [3.63, 3.8) is 0 Å². The van der Waals surface area contributed by atoms with Gasteiger partial charge in [0.15, 0.2) is 0 Å². The molecule has 1 N–H and O–H groups in total. The maximum Gasteiger partial charge on any atom is 0.0681 e. The van der Waals surface area contributed by atoms with E-state index in [9.17, 15) is 0 Å². The molecule has 0 saturated carbocycles. The lowest BCUT2D eigenvalue weighted by molar-refractivity contribution is 0.282. The van der Waals surface area contributed by atoms with Crippen molar-refractivity contribution < 1.29 is 5.11 Å². The first-order valence-corrected chi connectivity index (χ1v) is 6.62. The Hall–Kier alpha value is -2.06. The van der Waals surface area contributed by atoms with Crippen LogP contribution in [0.3, 0.4) is 0 Å². The Morgan fingerprint density at radius 1 is 1.05 bits per heavy atom. The summed E-state index contributed by atoms with van der Waals surface area (Å²) in [7, 11) is 0. The molecule has 0 aliphatic heterocycles. The first-order chi connectivity index (χ1) is 9.33. The van der Waals surface area contributed by atoms with Gasteiger partial charge in [-0.15, -0.1) is 0 Å². The molecule has 0 bridgehead atoms. The van der Waals surface area contributed by atoms with Crippen LogP contribution in [0.15, 0.2) is 54.9 Å². The second-order valence-electron chi connectivity index (χ2n) is 4.72. The van der Waals surface area contributed by atoms with Crippen molar-refractivity contribution in [1.82, 2.24) is 4.40 Å². The monoisotopic (exact) mass is 251 g/mol. The first-order valence-electron chi connectivity index (χ1n) is 6.62. The molecule has 3 rings (SSSR count). The van der Waals surface area contributed by atoms with Gasteiger partial charge in [-0.2, -0.15) is 0 Å². The van der Waals surface area contributed by atoms with E-state index in [0.717, 1.165) is 12.0 Å². The molecule has 0 aliphatic rings. The fourth-order valence-corrected chi connectivity index (χ4v) is 2.59. The van der Waals surface area contributed by atoms with E-state index in [2.05, 4.69) is 48.0 Å². The number of pyridine rings is 1. The number of aliphatic hydroxyl groups is 1. The van der Waals surface area contributed by atoms with Crippen molar-refractivity contribution in [3.8, 4) is 11.1 Å². The van der Waals surface area contributed by atoms with Gasteiger partial charge in [-0.25, -0.2) is 0 Å². The molecule has 0 fully saturated rings. The Balaban J connectivity index is 2.17. The molecule has 0 aliphatic carbocycles. The number of hydrogen-bond donors (Lipinski definition) is 1. The van der Waals surface area contributed by atoms with Gasteiger partial charge < -0.3 is 9.51 Å². The lowest BCUT2D eigenvalue weighted by atomic mass is 10.0. The SMILES string of the molecule is CCc1c(-c2ccc(CO)cc2)cn2ccccc12. The third-order valence-corrected chi connectivity index (χ3v) is 3.59. The van der Waals surface area contributed by atoms with Crippen molar-refractivity contribution in [1.29, 1.82) is 0 Å². The molecule has 2 heterocycles. The number of aromatic nitrogens is 1. The van der Waals surface area contributed by atoms with Gasteiger partial charge in [0.25, 0.3) is 0 Å². The molecule has 0 amide bonds. The standard InChI is InChI=1S/C17H17NO/c1-2-15-16(11-18-10-4-3-5-17(15)18)14-8-6-13(12-19)7-9-14/h3-11,19H,2,12H2,1H3. The smallest absolute Gasteiger partial charge is 0.0681 e. The normalized spacial score (nSPS) is 11.1. The number of aliphatic hydroxyl groups excluding tert-OH is 1. The number of benzene rings is 1. The summed E-state index contributed by atoms with van der Waals surface area (Å²) in [5.74, 6) is 0. The van der Waals surface area contributed by atoms with Crippen molar-refractivity contribution in [2.24, 2.45) is 0 Å². The average molecular weight is 251 g/mol. The number of fused-ring (bicyclic) bond motifs is 1. The van der Waals surface area contributed by atoms with Gasteiger partial charge in [0.05, 0.1) is 6.61 Å². The number of nitrogens with zero attached hydrogens (tertiary/aromatic N) is 1. The predicted octanol–water partition coefficient (Wildman–Crippen LogP) is 3.66. The quantitative estimate of drug-likeness (QED) is 0.755. The molecule has 0 atom stereocenters. The van der Waals surface area contributed by atoms with Crippen LogP contribution in [0.4, 0.5) is 0 Å². The Kier molecular flexibility index (Phi) is 3.10.